The van der Waals surface area contributed by atoms with Crippen LogP contribution >= 0.6 is 0 Å². The Balaban J connectivity index is 1.65. The minimum Gasteiger partial charge on any atom is -0.493 e. The molecule has 2 heterocycles. The second-order valence-corrected chi connectivity index (χ2v) is 7.33. The number of piperidine rings is 1. The van der Waals surface area contributed by atoms with Gasteiger partial charge >= 0.3 is 0 Å². The Morgan fingerprint density at radius 2 is 1.84 bits per heavy atom. The van der Waals surface area contributed by atoms with Crippen LogP contribution in [0.3, 0.4) is 0 Å². The maximum atomic E-state index is 5.74. The maximum Gasteiger partial charge on any atom is 0.242 e. The van der Waals surface area contributed by atoms with E-state index in [0.717, 1.165) is 49.7 Å². The van der Waals surface area contributed by atoms with Gasteiger partial charge in [-0.15, -0.1) is 5.10 Å². The third kappa shape index (κ3) is 4.72. The lowest BCUT2D eigenvalue weighted by atomic mass is 10.1. The standard InChI is InChI=1S/C19H29N5O/c1-14(2)13-25-17-7-5-15(6-8-17)18-21-19(22-24(18)4)20-16-9-11-23(3)12-10-16/h5-8,14,16H,9-13H2,1-4H3,(H,20,22). The summed E-state index contributed by atoms with van der Waals surface area (Å²) in [5.41, 5.74) is 1.04. The lowest BCUT2D eigenvalue weighted by Gasteiger charge is -2.29. The molecular formula is C19H29N5O. The van der Waals surface area contributed by atoms with E-state index in [1.807, 2.05) is 36.0 Å². The van der Waals surface area contributed by atoms with Crippen molar-refractivity contribution < 1.29 is 4.74 Å². The SMILES string of the molecule is CC(C)COc1ccc(-c2nc(NC3CCN(C)CC3)nn2C)cc1. The molecule has 0 radical (unpaired) electrons. The minimum absolute atomic E-state index is 0.457. The summed E-state index contributed by atoms with van der Waals surface area (Å²) < 4.78 is 7.58. The van der Waals surface area contributed by atoms with Crippen molar-refractivity contribution in [2.24, 2.45) is 13.0 Å². The zero-order valence-electron chi connectivity index (χ0n) is 15.7. The highest BCUT2D eigenvalue weighted by Crippen LogP contribution is 2.23. The van der Waals surface area contributed by atoms with E-state index in [0.29, 0.717) is 17.9 Å². The summed E-state index contributed by atoms with van der Waals surface area (Å²) in [5, 5.41) is 8.01. The summed E-state index contributed by atoms with van der Waals surface area (Å²) in [4.78, 5) is 7.04. The number of hydrogen-bond acceptors (Lipinski definition) is 5. The van der Waals surface area contributed by atoms with Gasteiger partial charge in [-0.2, -0.15) is 4.98 Å². The van der Waals surface area contributed by atoms with Crippen molar-refractivity contribution in [1.82, 2.24) is 19.7 Å². The Labute approximate surface area is 150 Å². The van der Waals surface area contributed by atoms with E-state index in [9.17, 15) is 0 Å². The number of ether oxygens (including phenoxy) is 1. The fourth-order valence-corrected chi connectivity index (χ4v) is 3.00. The van der Waals surface area contributed by atoms with Crippen molar-refractivity contribution >= 4 is 5.95 Å². The molecule has 0 aliphatic carbocycles. The minimum atomic E-state index is 0.457. The van der Waals surface area contributed by atoms with Crippen LogP contribution in [0.5, 0.6) is 5.75 Å². The summed E-state index contributed by atoms with van der Waals surface area (Å²) >= 11 is 0. The number of aryl methyl sites for hydroxylation is 1. The molecule has 1 aliphatic heterocycles. The van der Waals surface area contributed by atoms with E-state index in [2.05, 4.69) is 41.2 Å². The molecule has 0 spiro atoms. The summed E-state index contributed by atoms with van der Waals surface area (Å²) in [6.07, 6.45) is 2.26. The molecule has 136 valence electrons. The number of likely N-dealkylation sites (tertiary alicyclic amines) is 1. The van der Waals surface area contributed by atoms with Crippen LogP contribution in [0.2, 0.25) is 0 Å². The Hall–Kier alpha value is -2.08. The Bertz CT molecular complexity index is 672. The van der Waals surface area contributed by atoms with Gasteiger partial charge in [0.15, 0.2) is 5.82 Å². The average molecular weight is 343 g/mol. The van der Waals surface area contributed by atoms with Crippen molar-refractivity contribution in [3.8, 4) is 17.1 Å². The van der Waals surface area contributed by atoms with E-state index in [-0.39, 0.29) is 0 Å². The Morgan fingerprint density at radius 3 is 2.48 bits per heavy atom. The molecule has 1 N–H and O–H groups in total. The highest BCUT2D eigenvalue weighted by Gasteiger charge is 2.18. The quantitative estimate of drug-likeness (QED) is 0.874. The van der Waals surface area contributed by atoms with Crippen LogP contribution in [-0.2, 0) is 7.05 Å². The lowest BCUT2D eigenvalue weighted by Crippen LogP contribution is -2.36. The van der Waals surface area contributed by atoms with Crippen molar-refractivity contribution in [3.63, 3.8) is 0 Å². The normalized spacial score (nSPS) is 16.4. The third-order valence-electron chi connectivity index (χ3n) is 4.51. The smallest absolute Gasteiger partial charge is 0.242 e. The summed E-state index contributed by atoms with van der Waals surface area (Å²) in [6, 6.07) is 8.53. The van der Waals surface area contributed by atoms with Crippen LogP contribution in [0.25, 0.3) is 11.4 Å². The van der Waals surface area contributed by atoms with Crippen molar-refractivity contribution in [2.45, 2.75) is 32.7 Å². The molecule has 0 amide bonds. The first-order chi connectivity index (χ1) is 12.0. The number of rotatable bonds is 6. The number of hydrogen-bond donors (Lipinski definition) is 1. The predicted octanol–water partition coefficient (Wildman–Crippen LogP) is 3.02. The molecule has 6 nitrogen and oxygen atoms in total. The first kappa shape index (κ1) is 17.7. The van der Waals surface area contributed by atoms with E-state index in [1.54, 1.807) is 0 Å². The van der Waals surface area contributed by atoms with Gasteiger partial charge in [0.25, 0.3) is 0 Å². The topological polar surface area (TPSA) is 55.2 Å². The van der Waals surface area contributed by atoms with Gasteiger partial charge in [-0.05, 0) is 63.2 Å². The monoisotopic (exact) mass is 343 g/mol. The Morgan fingerprint density at radius 1 is 1.16 bits per heavy atom. The van der Waals surface area contributed by atoms with Gasteiger partial charge in [-0.1, -0.05) is 13.8 Å². The fraction of sp³-hybridized carbons (Fsp3) is 0.579. The van der Waals surface area contributed by atoms with Crippen molar-refractivity contribution in [2.75, 3.05) is 32.1 Å². The molecule has 2 aromatic rings. The zero-order chi connectivity index (χ0) is 17.8. The molecule has 3 rings (SSSR count). The highest BCUT2D eigenvalue weighted by atomic mass is 16.5. The molecule has 6 heteroatoms. The van der Waals surface area contributed by atoms with E-state index >= 15 is 0 Å². The molecule has 0 atom stereocenters. The van der Waals surface area contributed by atoms with Gasteiger partial charge in [0.05, 0.1) is 6.61 Å². The predicted molar refractivity (Wildman–Crippen MR) is 101 cm³/mol. The van der Waals surface area contributed by atoms with Crippen molar-refractivity contribution in [3.05, 3.63) is 24.3 Å². The highest BCUT2D eigenvalue weighted by molar-refractivity contribution is 5.58. The second kappa shape index (κ2) is 7.87. The molecule has 1 fully saturated rings. The molecule has 0 saturated carbocycles. The number of aromatic nitrogens is 3. The number of anilines is 1. The van der Waals surface area contributed by atoms with Crippen LogP contribution < -0.4 is 10.1 Å². The van der Waals surface area contributed by atoms with Crippen LogP contribution in [0.4, 0.5) is 5.95 Å². The lowest BCUT2D eigenvalue weighted by molar-refractivity contribution is 0.263. The molecule has 0 bridgehead atoms. The summed E-state index contributed by atoms with van der Waals surface area (Å²) in [5.74, 6) is 2.99. The third-order valence-corrected chi connectivity index (χ3v) is 4.51. The van der Waals surface area contributed by atoms with Gasteiger partial charge in [-0.3, -0.25) is 0 Å². The summed E-state index contributed by atoms with van der Waals surface area (Å²) in [7, 11) is 4.10. The van der Waals surface area contributed by atoms with Gasteiger partial charge in [0.2, 0.25) is 5.95 Å². The largest absolute Gasteiger partial charge is 0.493 e. The molecule has 25 heavy (non-hydrogen) atoms. The Kier molecular flexibility index (Phi) is 5.58. The molecule has 0 unspecified atom stereocenters. The number of nitrogens with one attached hydrogen (secondary N) is 1. The number of nitrogens with zero attached hydrogens (tertiary/aromatic N) is 4. The second-order valence-electron chi connectivity index (χ2n) is 7.33. The van der Waals surface area contributed by atoms with Gasteiger partial charge in [0.1, 0.15) is 5.75 Å². The van der Waals surface area contributed by atoms with Crippen LogP contribution in [0.15, 0.2) is 24.3 Å². The van der Waals surface area contributed by atoms with E-state index in [4.69, 9.17) is 4.74 Å². The molecular weight excluding hydrogens is 314 g/mol. The van der Waals surface area contributed by atoms with Gasteiger partial charge in [-0.25, -0.2) is 4.68 Å². The van der Waals surface area contributed by atoms with E-state index < -0.39 is 0 Å². The van der Waals surface area contributed by atoms with Gasteiger partial charge in [0, 0.05) is 18.7 Å². The van der Waals surface area contributed by atoms with E-state index in [1.165, 1.54) is 0 Å². The van der Waals surface area contributed by atoms with Gasteiger partial charge < -0.3 is 15.0 Å². The number of benzene rings is 1. The summed E-state index contributed by atoms with van der Waals surface area (Å²) in [6.45, 7) is 7.26. The first-order valence-electron chi connectivity index (χ1n) is 9.10. The zero-order valence-corrected chi connectivity index (χ0v) is 15.7. The average Bonchev–Trinajstić information content (AvgIpc) is 2.96. The molecule has 1 aliphatic rings. The maximum absolute atomic E-state index is 5.74. The molecule has 1 aromatic carbocycles. The molecule has 1 aromatic heterocycles. The first-order valence-corrected chi connectivity index (χ1v) is 9.10. The van der Waals surface area contributed by atoms with Crippen molar-refractivity contribution in [1.29, 1.82) is 0 Å². The fourth-order valence-electron chi connectivity index (χ4n) is 3.00. The molecule has 1 saturated heterocycles. The van der Waals surface area contributed by atoms with Crippen LogP contribution in [0.1, 0.15) is 26.7 Å². The van der Waals surface area contributed by atoms with Crippen LogP contribution in [0, 0.1) is 5.92 Å². The van der Waals surface area contributed by atoms with Crippen LogP contribution in [-0.4, -0.2) is 52.5 Å².